The van der Waals surface area contributed by atoms with E-state index in [1.165, 1.54) is 6.07 Å². The average molecular weight is 214 g/mol. The van der Waals surface area contributed by atoms with E-state index in [1.54, 1.807) is 12.1 Å². The Kier molecular flexibility index (Phi) is 1.77. The van der Waals surface area contributed by atoms with Crippen molar-refractivity contribution in [3.8, 4) is 0 Å². The fourth-order valence-corrected chi connectivity index (χ4v) is 1.74. The number of halogens is 1. The van der Waals surface area contributed by atoms with Gasteiger partial charge in [0.2, 0.25) is 0 Å². The van der Waals surface area contributed by atoms with Crippen LogP contribution in [0.25, 0.3) is 21.9 Å². The number of nitrogens with zero attached hydrogens (tertiary/aromatic N) is 2. The van der Waals surface area contributed by atoms with Crippen LogP contribution in [0.5, 0.6) is 0 Å². The fraction of sp³-hybridized carbons (Fsp3) is 0. The summed E-state index contributed by atoms with van der Waals surface area (Å²) in [5.74, 6) is 0. The lowest BCUT2D eigenvalue weighted by Crippen LogP contribution is -2.04. The summed E-state index contributed by atoms with van der Waals surface area (Å²) in [6.07, 6.45) is 1.08. The number of para-hydroxylation sites is 1. The Labute approximate surface area is 89.7 Å². The Morgan fingerprint density at radius 3 is 2.88 bits per heavy atom. The highest BCUT2D eigenvalue weighted by atomic mass is 19.2. The molecule has 0 bridgehead atoms. The molecule has 0 aliphatic rings. The normalized spacial score (nSPS) is 11.1. The number of hydrogen-bond donors (Lipinski definition) is 0. The van der Waals surface area contributed by atoms with Crippen molar-refractivity contribution in [2.75, 3.05) is 0 Å². The molecule has 0 spiro atoms. The van der Waals surface area contributed by atoms with Gasteiger partial charge in [-0.15, -0.1) is 0 Å². The molecule has 0 fully saturated rings. The molecule has 0 unspecified atom stereocenters. The van der Waals surface area contributed by atoms with Crippen molar-refractivity contribution in [3.05, 3.63) is 52.8 Å². The van der Waals surface area contributed by atoms with Crippen LogP contribution in [0.4, 0.5) is 4.48 Å². The van der Waals surface area contributed by atoms with Gasteiger partial charge in [-0.3, -0.25) is 4.79 Å². The number of fused-ring (bicyclic) bond motifs is 2. The first kappa shape index (κ1) is 9.03. The topological polar surface area (TPSA) is 34.9 Å². The zero-order valence-electron chi connectivity index (χ0n) is 8.22. The lowest BCUT2D eigenvalue weighted by Gasteiger charge is -2.02. The summed E-state index contributed by atoms with van der Waals surface area (Å²) in [6.45, 7) is 0. The summed E-state index contributed by atoms with van der Waals surface area (Å²) in [5, 5.41) is 1.13. The van der Waals surface area contributed by atoms with Crippen molar-refractivity contribution in [2.45, 2.75) is 0 Å². The minimum atomic E-state index is -0.220. The van der Waals surface area contributed by atoms with Gasteiger partial charge in [-0.1, -0.05) is 22.7 Å². The van der Waals surface area contributed by atoms with Gasteiger partial charge in [0.15, 0.2) is 11.1 Å². The van der Waals surface area contributed by atoms with Crippen LogP contribution in [0.3, 0.4) is 0 Å². The summed E-state index contributed by atoms with van der Waals surface area (Å²) in [6, 6.07) is 10.2. The molecule has 0 aliphatic heterocycles. The zero-order valence-corrected chi connectivity index (χ0v) is 8.22. The Morgan fingerprint density at radius 2 is 2.00 bits per heavy atom. The van der Waals surface area contributed by atoms with Crippen LogP contribution in [0.15, 0.2) is 47.4 Å². The van der Waals surface area contributed by atoms with E-state index in [4.69, 9.17) is 0 Å². The van der Waals surface area contributed by atoms with E-state index in [9.17, 15) is 9.28 Å². The smallest absolute Gasteiger partial charge is 0.191 e. The predicted octanol–water partition coefficient (Wildman–Crippen LogP) is 2.28. The summed E-state index contributed by atoms with van der Waals surface area (Å²) < 4.78 is 13.4. The van der Waals surface area contributed by atoms with Gasteiger partial charge in [0.05, 0.1) is 10.9 Å². The maximum Gasteiger partial charge on any atom is 0.191 e. The van der Waals surface area contributed by atoms with Gasteiger partial charge in [-0.05, 0) is 12.1 Å². The first-order valence-electron chi connectivity index (χ1n) is 4.83. The molecule has 4 heteroatoms. The van der Waals surface area contributed by atoms with Gasteiger partial charge in [-0.2, -0.15) is 4.79 Å². The van der Waals surface area contributed by atoms with E-state index < -0.39 is 0 Å². The molecule has 0 N–H and O–H groups in total. The number of hydrogen-bond acceptors (Lipinski definition) is 2. The number of pyridine rings is 2. The molecule has 0 atom stereocenters. The molecule has 0 radical (unpaired) electrons. The van der Waals surface area contributed by atoms with Crippen LogP contribution in [0.2, 0.25) is 0 Å². The molecule has 78 valence electrons. The third-order valence-electron chi connectivity index (χ3n) is 2.53. The van der Waals surface area contributed by atoms with E-state index in [0.29, 0.717) is 15.7 Å². The monoisotopic (exact) mass is 214 g/mol. The molecule has 16 heavy (non-hydrogen) atoms. The summed E-state index contributed by atoms with van der Waals surface area (Å²) in [7, 11) is 0. The molecule has 1 aromatic carbocycles. The van der Waals surface area contributed by atoms with Crippen LogP contribution in [0.1, 0.15) is 0 Å². The molecule has 0 aliphatic carbocycles. The van der Waals surface area contributed by atoms with Crippen LogP contribution in [-0.4, -0.2) is 9.77 Å². The minimum Gasteiger partial charge on any atom is -0.289 e. The van der Waals surface area contributed by atoms with Crippen LogP contribution in [0, 0.1) is 0 Å². The molecule has 0 saturated carbocycles. The summed E-state index contributed by atoms with van der Waals surface area (Å²) in [5.41, 5.74) is 0.514. The summed E-state index contributed by atoms with van der Waals surface area (Å²) >= 11 is 0. The Bertz CT molecular complexity index is 749. The molecular weight excluding hydrogens is 207 g/mol. The van der Waals surface area contributed by atoms with Gasteiger partial charge < -0.3 is 0 Å². The lowest BCUT2D eigenvalue weighted by atomic mass is 10.2. The largest absolute Gasteiger partial charge is 0.289 e. The second-order valence-electron chi connectivity index (χ2n) is 3.54. The van der Waals surface area contributed by atoms with Gasteiger partial charge >= 0.3 is 0 Å². The van der Waals surface area contributed by atoms with Gasteiger partial charge in [0.25, 0.3) is 0 Å². The second kappa shape index (κ2) is 3.13. The SMILES string of the molecule is O=c1ccn(F)c2nc3ccccc3cc12. The zero-order chi connectivity index (χ0) is 11.1. The van der Waals surface area contributed by atoms with E-state index >= 15 is 0 Å². The quantitative estimate of drug-likeness (QED) is 0.538. The Hall–Kier alpha value is -2.23. The molecule has 0 amide bonds. The van der Waals surface area contributed by atoms with E-state index in [2.05, 4.69) is 4.98 Å². The molecule has 3 rings (SSSR count). The standard InChI is InChI=1S/C12H7FN2O/c13-15-6-5-11(16)9-7-8-3-1-2-4-10(8)14-12(9)15/h1-7H. The van der Waals surface area contributed by atoms with Crippen LogP contribution >= 0.6 is 0 Å². The molecular formula is C12H7FN2O. The highest BCUT2D eigenvalue weighted by Gasteiger charge is 2.05. The van der Waals surface area contributed by atoms with Crippen molar-refractivity contribution < 1.29 is 4.48 Å². The van der Waals surface area contributed by atoms with Gasteiger partial charge in [0, 0.05) is 17.6 Å². The van der Waals surface area contributed by atoms with Crippen LogP contribution in [-0.2, 0) is 0 Å². The number of rotatable bonds is 0. The van der Waals surface area contributed by atoms with Gasteiger partial charge in [0.1, 0.15) is 0 Å². The van der Waals surface area contributed by atoms with Crippen LogP contribution < -0.4 is 5.43 Å². The summed E-state index contributed by atoms with van der Waals surface area (Å²) in [4.78, 5) is 16.0. The first-order valence-corrected chi connectivity index (χ1v) is 4.83. The predicted molar refractivity (Wildman–Crippen MR) is 60.0 cm³/mol. The third kappa shape index (κ3) is 1.20. The van der Waals surface area contributed by atoms with E-state index in [-0.39, 0.29) is 11.1 Å². The molecule has 2 aromatic heterocycles. The average Bonchev–Trinajstić information content (AvgIpc) is 2.32. The molecule has 2 heterocycles. The molecule has 3 nitrogen and oxygen atoms in total. The minimum absolute atomic E-state index is 0.0613. The molecule has 0 saturated heterocycles. The van der Waals surface area contributed by atoms with Crippen molar-refractivity contribution in [3.63, 3.8) is 0 Å². The first-order chi connectivity index (χ1) is 7.75. The highest BCUT2D eigenvalue weighted by Crippen LogP contribution is 2.16. The number of benzene rings is 1. The van der Waals surface area contributed by atoms with E-state index in [1.807, 2.05) is 18.2 Å². The highest BCUT2D eigenvalue weighted by molar-refractivity contribution is 5.90. The van der Waals surface area contributed by atoms with Crippen molar-refractivity contribution in [1.82, 2.24) is 9.77 Å². The maximum atomic E-state index is 13.4. The second-order valence-corrected chi connectivity index (χ2v) is 3.54. The third-order valence-corrected chi connectivity index (χ3v) is 2.53. The molecule has 3 aromatic rings. The Morgan fingerprint density at radius 1 is 1.19 bits per heavy atom. The maximum absolute atomic E-state index is 13.4. The van der Waals surface area contributed by atoms with Gasteiger partial charge in [-0.25, -0.2) is 4.98 Å². The number of aromatic nitrogens is 2. The lowest BCUT2D eigenvalue weighted by molar-refractivity contribution is 0.381. The van der Waals surface area contributed by atoms with Crippen molar-refractivity contribution in [2.24, 2.45) is 0 Å². The van der Waals surface area contributed by atoms with E-state index in [0.717, 1.165) is 11.6 Å². The fourth-order valence-electron chi connectivity index (χ4n) is 1.74. The Balaban J connectivity index is 2.61. The van der Waals surface area contributed by atoms with Crippen molar-refractivity contribution in [1.29, 1.82) is 0 Å². The van der Waals surface area contributed by atoms with Crippen molar-refractivity contribution >= 4 is 21.9 Å².